The number of carbonyl (C=O) groups excluding carboxylic acids is 1. The molecule has 18 heavy (non-hydrogen) atoms. The molecular formula is C17H14O. The molecule has 0 atom stereocenters. The second-order valence-corrected chi connectivity index (χ2v) is 5.20. The molecule has 2 aromatic rings. The Labute approximate surface area is 106 Å². The Hall–Kier alpha value is -1.89. The highest BCUT2D eigenvalue weighted by molar-refractivity contribution is 6.01. The lowest BCUT2D eigenvalue weighted by Gasteiger charge is -2.22. The van der Waals surface area contributed by atoms with Crippen LogP contribution in [0.3, 0.4) is 0 Å². The summed E-state index contributed by atoms with van der Waals surface area (Å²) in [5, 5.41) is 0. The summed E-state index contributed by atoms with van der Waals surface area (Å²) in [6, 6.07) is 12.8. The van der Waals surface area contributed by atoms with Gasteiger partial charge in [-0.3, -0.25) is 4.79 Å². The Morgan fingerprint density at radius 2 is 1.39 bits per heavy atom. The summed E-state index contributed by atoms with van der Waals surface area (Å²) in [4.78, 5) is 11.8. The van der Waals surface area contributed by atoms with Crippen molar-refractivity contribution in [2.75, 3.05) is 0 Å². The van der Waals surface area contributed by atoms with Gasteiger partial charge in [-0.15, -0.1) is 0 Å². The van der Waals surface area contributed by atoms with E-state index in [4.69, 9.17) is 0 Å². The van der Waals surface area contributed by atoms with Crippen LogP contribution < -0.4 is 0 Å². The molecule has 0 aliphatic heterocycles. The third-order valence-electron chi connectivity index (χ3n) is 4.29. The highest BCUT2D eigenvalue weighted by atomic mass is 16.1. The topological polar surface area (TPSA) is 17.1 Å². The van der Waals surface area contributed by atoms with Gasteiger partial charge in [0.1, 0.15) is 0 Å². The minimum absolute atomic E-state index is 0.326. The van der Waals surface area contributed by atoms with Gasteiger partial charge >= 0.3 is 0 Å². The molecule has 0 bridgehead atoms. The van der Waals surface area contributed by atoms with Crippen LogP contribution in [0.15, 0.2) is 36.4 Å². The van der Waals surface area contributed by atoms with Gasteiger partial charge in [0, 0.05) is 12.0 Å². The van der Waals surface area contributed by atoms with Crippen LogP contribution in [0.4, 0.5) is 0 Å². The normalized spacial score (nSPS) is 16.1. The molecule has 0 radical (unpaired) electrons. The minimum atomic E-state index is 0.326. The Bertz CT molecular complexity index is 667. The summed E-state index contributed by atoms with van der Waals surface area (Å²) in [5.41, 5.74) is 7.89. The van der Waals surface area contributed by atoms with Crippen LogP contribution >= 0.6 is 0 Å². The highest BCUT2D eigenvalue weighted by Gasteiger charge is 2.26. The molecule has 1 nitrogen and oxygen atoms in total. The molecule has 0 spiro atoms. The van der Waals surface area contributed by atoms with Crippen LogP contribution in [0.25, 0.3) is 11.1 Å². The third-order valence-corrected chi connectivity index (χ3v) is 4.29. The first-order valence-electron chi connectivity index (χ1n) is 6.61. The molecule has 0 N–H and O–H groups in total. The predicted molar refractivity (Wildman–Crippen MR) is 71.9 cm³/mol. The number of aryl methyl sites for hydroxylation is 1. The zero-order chi connectivity index (χ0) is 12.1. The number of fused-ring (bicyclic) bond motifs is 5. The minimum Gasteiger partial charge on any atom is -0.294 e. The monoisotopic (exact) mass is 234 g/mol. The number of Topliss-reactive ketones (excluding diaryl/α,β-unsaturated/α-hetero) is 1. The standard InChI is InChI=1S/C17H14O/c18-17-10-9-15-14-6-5-11-3-1-2-4-12(11)13(14)7-8-16(15)17/h1-4,7-8H,5-6,9-10H2. The smallest absolute Gasteiger partial charge is 0.163 e. The zero-order valence-corrected chi connectivity index (χ0v) is 10.2. The molecule has 0 amide bonds. The van der Waals surface area contributed by atoms with Gasteiger partial charge in [0.05, 0.1) is 0 Å². The van der Waals surface area contributed by atoms with Crippen LogP contribution in [-0.4, -0.2) is 5.78 Å². The first kappa shape index (κ1) is 10.1. The zero-order valence-electron chi connectivity index (χ0n) is 10.2. The second kappa shape index (κ2) is 3.55. The molecule has 0 saturated carbocycles. The maximum atomic E-state index is 11.8. The van der Waals surface area contributed by atoms with Gasteiger partial charge in [-0.1, -0.05) is 36.4 Å². The number of rotatable bonds is 0. The van der Waals surface area contributed by atoms with Gasteiger partial charge in [0.25, 0.3) is 0 Å². The van der Waals surface area contributed by atoms with E-state index in [1.165, 1.54) is 27.8 Å². The van der Waals surface area contributed by atoms with Crippen LogP contribution in [0.2, 0.25) is 0 Å². The number of hydrogen-bond acceptors (Lipinski definition) is 1. The second-order valence-electron chi connectivity index (χ2n) is 5.20. The summed E-state index contributed by atoms with van der Waals surface area (Å²) in [5.74, 6) is 0.326. The van der Waals surface area contributed by atoms with Crippen LogP contribution in [-0.2, 0) is 19.3 Å². The van der Waals surface area contributed by atoms with Crippen molar-refractivity contribution in [3.05, 3.63) is 58.7 Å². The molecule has 2 aliphatic carbocycles. The number of ketones is 1. The van der Waals surface area contributed by atoms with Crippen molar-refractivity contribution in [3.8, 4) is 11.1 Å². The maximum absolute atomic E-state index is 11.8. The van der Waals surface area contributed by atoms with Crippen molar-refractivity contribution in [3.63, 3.8) is 0 Å². The van der Waals surface area contributed by atoms with Crippen LogP contribution in [0.1, 0.15) is 33.5 Å². The van der Waals surface area contributed by atoms with Gasteiger partial charge in [-0.25, -0.2) is 0 Å². The molecular weight excluding hydrogens is 220 g/mol. The first-order chi connectivity index (χ1) is 8.84. The molecule has 88 valence electrons. The summed E-state index contributed by atoms with van der Waals surface area (Å²) >= 11 is 0. The fraction of sp³-hybridized carbons (Fsp3) is 0.235. The van der Waals surface area contributed by atoms with Crippen molar-refractivity contribution in [2.24, 2.45) is 0 Å². The summed E-state index contributed by atoms with van der Waals surface area (Å²) < 4.78 is 0. The van der Waals surface area contributed by atoms with Gasteiger partial charge in [0.2, 0.25) is 0 Å². The van der Waals surface area contributed by atoms with E-state index in [0.29, 0.717) is 12.2 Å². The fourth-order valence-electron chi connectivity index (χ4n) is 3.41. The molecule has 0 saturated heterocycles. The molecule has 0 fully saturated rings. The van der Waals surface area contributed by atoms with Crippen molar-refractivity contribution in [2.45, 2.75) is 25.7 Å². The fourth-order valence-corrected chi connectivity index (χ4v) is 3.41. The average Bonchev–Trinajstić information content (AvgIpc) is 2.80. The summed E-state index contributed by atoms with van der Waals surface area (Å²) in [6.07, 6.45) is 3.84. The quantitative estimate of drug-likeness (QED) is 0.681. The highest BCUT2D eigenvalue weighted by Crippen LogP contribution is 2.38. The van der Waals surface area contributed by atoms with Crippen molar-refractivity contribution >= 4 is 5.78 Å². The lowest BCUT2D eigenvalue weighted by atomic mass is 9.82. The Kier molecular flexibility index (Phi) is 1.99. The SMILES string of the molecule is O=C1CCc2c1ccc1c2CCc2ccccc2-1. The van der Waals surface area contributed by atoms with Crippen molar-refractivity contribution in [1.82, 2.24) is 0 Å². The van der Waals surface area contributed by atoms with Gasteiger partial charge < -0.3 is 0 Å². The molecule has 4 rings (SSSR count). The molecule has 2 aromatic carbocycles. The Balaban J connectivity index is 2.00. The largest absolute Gasteiger partial charge is 0.294 e. The van der Waals surface area contributed by atoms with E-state index >= 15 is 0 Å². The van der Waals surface area contributed by atoms with E-state index in [0.717, 1.165) is 24.8 Å². The van der Waals surface area contributed by atoms with E-state index in [1.54, 1.807) is 0 Å². The van der Waals surface area contributed by atoms with E-state index in [-0.39, 0.29) is 0 Å². The molecule has 1 heteroatoms. The Morgan fingerprint density at radius 1 is 0.667 bits per heavy atom. The molecule has 0 heterocycles. The summed E-state index contributed by atoms with van der Waals surface area (Å²) in [6.45, 7) is 0. The molecule has 2 aliphatic rings. The van der Waals surface area contributed by atoms with E-state index in [2.05, 4.69) is 30.3 Å². The van der Waals surface area contributed by atoms with Crippen LogP contribution in [0.5, 0.6) is 0 Å². The Morgan fingerprint density at radius 3 is 2.33 bits per heavy atom. The first-order valence-corrected chi connectivity index (χ1v) is 6.61. The number of hydrogen-bond donors (Lipinski definition) is 0. The molecule has 0 unspecified atom stereocenters. The predicted octanol–water partition coefficient (Wildman–Crippen LogP) is 3.58. The van der Waals surface area contributed by atoms with Gasteiger partial charge in [-0.2, -0.15) is 0 Å². The third kappa shape index (κ3) is 1.25. The van der Waals surface area contributed by atoms with Crippen LogP contribution in [0, 0.1) is 0 Å². The number of carbonyl (C=O) groups is 1. The maximum Gasteiger partial charge on any atom is 0.163 e. The lowest BCUT2D eigenvalue weighted by Crippen LogP contribution is -2.07. The number of benzene rings is 2. The van der Waals surface area contributed by atoms with Crippen molar-refractivity contribution in [1.29, 1.82) is 0 Å². The van der Waals surface area contributed by atoms with Crippen molar-refractivity contribution < 1.29 is 4.79 Å². The van der Waals surface area contributed by atoms with Gasteiger partial charge in [-0.05, 0) is 47.1 Å². The van der Waals surface area contributed by atoms with E-state index in [1.807, 2.05) is 6.07 Å². The lowest BCUT2D eigenvalue weighted by molar-refractivity contribution is 0.0994. The van der Waals surface area contributed by atoms with E-state index in [9.17, 15) is 4.79 Å². The summed E-state index contributed by atoms with van der Waals surface area (Å²) in [7, 11) is 0. The van der Waals surface area contributed by atoms with E-state index < -0.39 is 0 Å². The average molecular weight is 234 g/mol. The van der Waals surface area contributed by atoms with Gasteiger partial charge in [0.15, 0.2) is 5.78 Å². The molecule has 0 aromatic heterocycles.